The molecule has 4 unspecified atom stereocenters. The van der Waals surface area contributed by atoms with Crippen LogP contribution in [0.5, 0.6) is 0 Å². The smallest absolute Gasteiger partial charge is 0.241 e. The predicted molar refractivity (Wildman–Crippen MR) is 135 cm³/mol. The third-order valence-corrected chi connectivity index (χ3v) is 18.1. The molecule has 0 saturated carbocycles. The van der Waals surface area contributed by atoms with Crippen molar-refractivity contribution in [2.45, 2.75) is 76.2 Å². The number of halogens is 2. The van der Waals surface area contributed by atoms with E-state index in [1.165, 1.54) is 10.4 Å². The van der Waals surface area contributed by atoms with Gasteiger partial charge >= 0.3 is 0 Å². The van der Waals surface area contributed by atoms with E-state index in [2.05, 4.69) is 95.4 Å². The molecule has 0 aliphatic rings. The summed E-state index contributed by atoms with van der Waals surface area (Å²) in [7, 11) is -5.05. The van der Waals surface area contributed by atoms with E-state index in [0.29, 0.717) is 0 Å². The van der Waals surface area contributed by atoms with Crippen molar-refractivity contribution in [3.8, 4) is 0 Å². The molecule has 0 bridgehead atoms. The molecule has 1 nitrogen and oxygen atoms in total. The average molecular weight is 468 g/mol. The van der Waals surface area contributed by atoms with Gasteiger partial charge < -0.3 is 4.43 Å². The summed E-state index contributed by atoms with van der Waals surface area (Å²) >= 11 is 14.8. The molecule has 0 heterocycles. The van der Waals surface area contributed by atoms with Gasteiger partial charge in [-0.05, 0) is 50.2 Å². The highest BCUT2D eigenvalue weighted by Crippen LogP contribution is 2.41. The van der Waals surface area contributed by atoms with E-state index in [4.69, 9.17) is 27.1 Å². The van der Waals surface area contributed by atoms with Crippen LogP contribution in [0.3, 0.4) is 0 Å². The molecule has 0 saturated heterocycles. The van der Waals surface area contributed by atoms with Gasteiger partial charge in [0.25, 0.3) is 0 Å². The van der Waals surface area contributed by atoms with Crippen LogP contribution >= 0.6 is 22.7 Å². The summed E-state index contributed by atoms with van der Waals surface area (Å²) in [5.41, 5.74) is 0. The van der Waals surface area contributed by atoms with E-state index in [1.54, 1.807) is 0 Å². The molecule has 2 rings (SSSR count). The van der Waals surface area contributed by atoms with Crippen LogP contribution in [0.15, 0.2) is 60.7 Å². The molecule has 4 atom stereocenters. The summed E-state index contributed by atoms with van der Waals surface area (Å²) in [6.45, 7) is 13.3. The number of hydrogen-bond donors (Lipinski definition) is 0. The Hall–Kier alpha value is -0.586. The topological polar surface area (TPSA) is 9.23 Å². The third-order valence-electron chi connectivity index (χ3n) is 6.50. The third kappa shape index (κ3) is 5.02. The zero-order chi connectivity index (χ0) is 21.8. The average Bonchev–Trinajstić information content (AvgIpc) is 2.69. The number of rotatable bonds is 10. The van der Waals surface area contributed by atoms with Gasteiger partial charge in [0.1, 0.15) is 0 Å². The minimum atomic E-state index is -2.57. The van der Waals surface area contributed by atoms with Crippen molar-refractivity contribution in [3.63, 3.8) is 0 Å². The Morgan fingerprint density at radius 1 is 0.793 bits per heavy atom. The first-order valence-corrected chi connectivity index (χ1v) is 17.0. The lowest BCUT2D eigenvalue weighted by Crippen LogP contribution is -2.71. The van der Waals surface area contributed by atoms with E-state index >= 15 is 0 Å². The molecule has 5 heteroatoms. The highest BCUT2D eigenvalue weighted by molar-refractivity contribution is 7.28. The molecule has 0 spiro atoms. The number of alkyl halides is 1. The van der Waals surface area contributed by atoms with E-state index in [1.807, 2.05) is 6.07 Å². The fourth-order valence-electron chi connectivity index (χ4n) is 4.30. The Balaban J connectivity index is 2.61. The minimum Gasteiger partial charge on any atom is -0.406 e. The fraction of sp³-hybridized carbons (Fsp3) is 0.500. The molecule has 0 aromatic heterocycles. The van der Waals surface area contributed by atoms with Gasteiger partial charge in [-0.2, -0.15) is 11.1 Å². The summed E-state index contributed by atoms with van der Waals surface area (Å²) in [5, 5.41) is 2.03. The van der Waals surface area contributed by atoms with E-state index in [0.717, 1.165) is 25.7 Å². The summed E-state index contributed by atoms with van der Waals surface area (Å²) in [4.78, 5) is 0. The lowest BCUT2D eigenvalue weighted by Gasteiger charge is -2.50. The van der Waals surface area contributed by atoms with Crippen molar-refractivity contribution >= 4 is 48.8 Å². The van der Waals surface area contributed by atoms with Gasteiger partial charge in [-0.25, -0.2) is 0 Å². The Morgan fingerprint density at radius 2 is 1.24 bits per heavy atom. The number of hydrogen-bond acceptors (Lipinski definition) is 1. The van der Waals surface area contributed by atoms with Gasteiger partial charge in [0, 0.05) is 0 Å². The van der Waals surface area contributed by atoms with Crippen molar-refractivity contribution < 1.29 is 4.43 Å². The largest absolute Gasteiger partial charge is 0.406 e. The molecule has 160 valence electrons. The van der Waals surface area contributed by atoms with Crippen molar-refractivity contribution in [1.82, 2.24) is 0 Å². The normalized spacial score (nSPS) is 20.1. The van der Waals surface area contributed by atoms with Gasteiger partial charge in [0.2, 0.25) is 15.7 Å². The Kier molecular flexibility index (Phi) is 8.25. The van der Waals surface area contributed by atoms with Crippen LogP contribution < -0.4 is 10.4 Å². The summed E-state index contributed by atoms with van der Waals surface area (Å²) < 4.78 is 6.90. The molecule has 2 aromatic rings. The van der Waals surface area contributed by atoms with Gasteiger partial charge in [-0.3, -0.25) is 0 Å². The fourth-order valence-corrected chi connectivity index (χ4v) is 13.0. The molecule has 0 amide bonds. The molecular weight excluding hydrogens is 431 g/mol. The first-order chi connectivity index (χ1) is 13.5. The van der Waals surface area contributed by atoms with Crippen LogP contribution in [-0.4, -0.2) is 25.4 Å². The Bertz CT molecular complexity index is 767. The monoisotopic (exact) mass is 466 g/mol. The van der Waals surface area contributed by atoms with E-state index in [-0.39, 0.29) is 0 Å². The van der Waals surface area contributed by atoms with Gasteiger partial charge in [-0.15, -0.1) is 11.6 Å². The zero-order valence-electron chi connectivity index (χ0n) is 18.8. The quantitative estimate of drug-likeness (QED) is 0.216. The molecule has 0 aliphatic heterocycles. The van der Waals surface area contributed by atoms with Crippen molar-refractivity contribution in [3.05, 3.63) is 60.7 Å². The lowest BCUT2D eigenvalue weighted by molar-refractivity contribution is 0.143. The maximum absolute atomic E-state index is 7.46. The van der Waals surface area contributed by atoms with Gasteiger partial charge in [0.15, 0.2) is 0 Å². The SMILES string of the molecule is CCCC(C)(O[Si](C)(c1ccccc1)C(C)(Cl)CCC)[Si](C)(Cl)c1ccccc1. The second-order valence-electron chi connectivity index (χ2n) is 8.80. The summed E-state index contributed by atoms with van der Waals surface area (Å²) in [6, 6.07) is 21.1. The van der Waals surface area contributed by atoms with Crippen molar-refractivity contribution in [1.29, 1.82) is 0 Å². The molecule has 0 radical (unpaired) electrons. The lowest BCUT2D eigenvalue weighted by atomic mass is 10.2. The van der Waals surface area contributed by atoms with E-state index < -0.39 is 25.4 Å². The van der Waals surface area contributed by atoms with Crippen LogP contribution in [0, 0.1) is 0 Å². The standard InChI is InChI=1S/C24H36Cl2OSi2/c1-7-19-23(3,25)29(6,22-17-13-10-14-18-22)27-24(4,20-8-2)28(5,26)21-15-11-9-12-16-21/h9-18H,7-8,19-20H2,1-6H3. The predicted octanol–water partition coefficient (Wildman–Crippen LogP) is 6.64. The summed E-state index contributed by atoms with van der Waals surface area (Å²) in [6.07, 6.45) is 3.88. The Labute approximate surface area is 189 Å². The van der Waals surface area contributed by atoms with Crippen LogP contribution in [0.4, 0.5) is 0 Å². The van der Waals surface area contributed by atoms with Crippen LogP contribution in [0.1, 0.15) is 53.4 Å². The molecule has 29 heavy (non-hydrogen) atoms. The molecule has 2 aromatic carbocycles. The second-order valence-corrected chi connectivity index (χ2v) is 19.8. The zero-order valence-corrected chi connectivity index (χ0v) is 22.3. The molecule has 0 aliphatic carbocycles. The molecular formula is C24H36Cl2OSi2. The first kappa shape index (κ1) is 24.7. The second kappa shape index (κ2) is 9.70. The number of benzene rings is 2. The summed E-state index contributed by atoms with van der Waals surface area (Å²) in [5.74, 6) is 0. The molecule has 0 fully saturated rings. The van der Waals surface area contributed by atoms with Crippen molar-refractivity contribution in [2.24, 2.45) is 0 Å². The van der Waals surface area contributed by atoms with Gasteiger partial charge in [0.05, 0.1) is 9.72 Å². The van der Waals surface area contributed by atoms with Crippen molar-refractivity contribution in [2.75, 3.05) is 0 Å². The first-order valence-electron chi connectivity index (χ1n) is 10.7. The van der Waals surface area contributed by atoms with Crippen LogP contribution in [0.2, 0.25) is 13.1 Å². The van der Waals surface area contributed by atoms with Crippen LogP contribution in [0.25, 0.3) is 0 Å². The van der Waals surface area contributed by atoms with E-state index in [9.17, 15) is 0 Å². The maximum atomic E-state index is 7.46. The van der Waals surface area contributed by atoms with Crippen LogP contribution in [-0.2, 0) is 4.43 Å². The van der Waals surface area contributed by atoms with Gasteiger partial charge in [-0.1, -0.05) is 87.4 Å². The minimum absolute atomic E-state index is 0.420. The highest BCUT2D eigenvalue weighted by Gasteiger charge is 2.57. The highest BCUT2D eigenvalue weighted by atomic mass is 35.6. The maximum Gasteiger partial charge on any atom is 0.241 e. The Morgan fingerprint density at radius 3 is 1.69 bits per heavy atom. The molecule has 0 N–H and O–H groups in total.